The summed E-state index contributed by atoms with van der Waals surface area (Å²) in [5.41, 5.74) is 1.45. The smallest absolute Gasteiger partial charge is 0.251 e. The van der Waals surface area contributed by atoms with Crippen molar-refractivity contribution in [1.82, 2.24) is 14.5 Å². The Balaban J connectivity index is 1.48. The van der Waals surface area contributed by atoms with Crippen molar-refractivity contribution in [2.24, 2.45) is 0 Å². The lowest BCUT2D eigenvalue weighted by atomic mass is 9.96. The minimum Gasteiger partial charge on any atom is -0.497 e. The molecule has 1 aliphatic carbocycles. The van der Waals surface area contributed by atoms with Gasteiger partial charge in [-0.2, -0.15) is 4.31 Å². The summed E-state index contributed by atoms with van der Waals surface area (Å²) in [5, 5.41) is 3.05. The molecular weight excluding hydrogens is 462 g/mol. The first-order chi connectivity index (χ1) is 16.9. The van der Waals surface area contributed by atoms with Gasteiger partial charge >= 0.3 is 0 Å². The summed E-state index contributed by atoms with van der Waals surface area (Å²) in [6.45, 7) is 2.41. The number of amides is 1. The zero-order valence-electron chi connectivity index (χ0n) is 20.8. The molecule has 2 fully saturated rings. The number of carbonyl (C=O) groups excluding carboxylic acids is 1. The summed E-state index contributed by atoms with van der Waals surface area (Å²) in [6.07, 6.45) is 7.33. The molecule has 1 atom stereocenters. The second kappa shape index (κ2) is 11.5. The number of hydrogen-bond donors (Lipinski definition) is 1. The van der Waals surface area contributed by atoms with Gasteiger partial charge in [0.15, 0.2) is 0 Å². The molecule has 0 aromatic heterocycles. The average molecular weight is 500 g/mol. The minimum absolute atomic E-state index is 0.0234. The molecule has 1 N–H and O–H groups in total. The highest BCUT2D eigenvalue weighted by Crippen LogP contribution is 2.28. The first-order valence-corrected chi connectivity index (χ1v) is 14.1. The molecule has 35 heavy (non-hydrogen) atoms. The number of nitrogens with one attached hydrogen (secondary N) is 1. The van der Waals surface area contributed by atoms with E-state index in [-0.39, 0.29) is 22.9 Å². The maximum absolute atomic E-state index is 13.3. The van der Waals surface area contributed by atoms with Gasteiger partial charge in [-0.25, -0.2) is 8.42 Å². The maximum atomic E-state index is 13.3. The van der Waals surface area contributed by atoms with Crippen molar-refractivity contribution in [3.05, 3.63) is 59.7 Å². The predicted molar refractivity (Wildman–Crippen MR) is 137 cm³/mol. The highest BCUT2D eigenvalue weighted by molar-refractivity contribution is 7.89. The number of nitrogens with zero attached hydrogens (tertiary/aromatic N) is 2. The number of methoxy groups -OCH3 is 1. The van der Waals surface area contributed by atoms with Gasteiger partial charge in [-0.1, -0.05) is 37.5 Å². The Bertz CT molecular complexity index is 1110. The summed E-state index contributed by atoms with van der Waals surface area (Å²) in [6, 6.07) is 14.4. The lowest BCUT2D eigenvalue weighted by Gasteiger charge is -2.30. The highest BCUT2D eigenvalue weighted by atomic mass is 32.2. The first kappa shape index (κ1) is 25.7. The highest BCUT2D eigenvalue weighted by Gasteiger charge is 2.30. The van der Waals surface area contributed by atoms with Crippen LogP contribution in [0.1, 0.15) is 66.9 Å². The molecule has 0 spiro atoms. The standard InChI is InChI=1S/C27H37N3O4S/c1-29(23-12-4-3-5-13-23)35(32,33)25-15-9-11-22(19-25)27(31)28-20-26(30-16-6-7-17-30)21-10-8-14-24(18-21)34-2/h8-11,14-15,18-19,23,26H,3-7,12-13,16-17,20H2,1-2H3,(H,28,31)/t26-/m0/s1. The van der Waals surface area contributed by atoms with Gasteiger partial charge in [-0.15, -0.1) is 0 Å². The molecule has 190 valence electrons. The summed E-state index contributed by atoms with van der Waals surface area (Å²) in [5.74, 6) is 0.521. The van der Waals surface area contributed by atoms with E-state index >= 15 is 0 Å². The fourth-order valence-electron chi connectivity index (χ4n) is 5.26. The van der Waals surface area contributed by atoms with Gasteiger partial charge in [0.1, 0.15) is 5.75 Å². The van der Waals surface area contributed by atoms with Crippen LogP contribution in [0.25, 0.3) is 0 Å². The molecule has 7 nitrogen and oxygen atoms in total. The van der Waals surface area contributed by atoms with Crippen molar-refractivity contribution < 1.29 is 17.9 Å². The Labute approximate surface area is 209 Å². The molecule has 1 saturated carbocycles. The van der Waals surface area contributed by atoms with E-state index in [9.17, 15) is 13.2 Å². The maximum Gasteiger partial charge on any atom is 0.251 e. The molecule has 2 aliphatic rings. The Kier molecular flexibility index (Phi) is 8.46. The van der Waals surface area contributed by atoms with Crippen LogP contribution in [0.4, 0.5) is 0 Å². The van der Waals surface area contributed by atoms with Gasteiger partial charge in [0.25, 0.3) is 5.91 Å². The molecule has 1 aliphatic heterocycles. The van der Waals surface area contributed by atoms with Crippen molar-refractivity contribution in [2.45, 2.75) is 61.9 Å². The molecule has 1 saturated heterocycles. The molecule has 4 rings (SSSR count). The normalized spacial score (nSPS) is 18.5. The zero-order chi connectivity index (χ0) is 24.8. The predicted octanol–water partition coefficient (Wildman–Crippen LogP) is 4.22. The quantitative estimate of drug-likeness (QED) is 0.559. The van der Waals surface area contributed by atoms with Crippen LogP contribution >= 0.6 is 0 Å². The molecular formula is C27H37N3O4S. The monoisotopic (exact) mass is 499 g/mol. The van der Waals surface area contributed by atoms with E-state index in [0.29, 0.717) is 12.1 Å². The van der Waals surface area contributed by atoms with Crippen LogP contribution in [-0.4, -0.2) is 63.4 Å². The number of rotatable bonds is 9. The number of likely N-dealkylation sites (tertiary alicyclic amines) is 1. The van der Waals surface area contributed by atoms with Crippen LogP contribution in [0.5, 0.6) is 5.75 Å². The average Bonchev–Trinajstić information content (AvgIpc) is 3.43. The van der Waals surface area contributed by atoms with E-state index < -0.39 is 10.0 Å². The minimum atomic E-state index is -3.66. The van der Waals surface area contributed by atoms with E-state index in [2.05, 4.69) is 16.3 Å². The van der Waals surface area contributed by atoms with Crippen LogP contribution in [0, 0.1) is 0 Å². The Morgan fingerprint density at radius 2 is 1.77 bits per heavy atom. The SMILES string of the molecule is COc1cccc([C@H](CNC(=O)c2cccc(S(=O)(=O)N(C)C3CCCCC3)c2)N2CCCC2)c1. The van der Waals surface area contributed by atoms with Crippen LogP contribution in [0.2, 0.25) is 0 Å². The fourth-order valence-corrected chi connectivity index (χ4v) is 6.72. The Morgan fingerprint density at radius 1 is 1.06 bits per heavy atom. The molecule has 0 bridgehead atoms. The number of sulfonamides is 1. The van der Waals surface area contributed by atoms with Gasteiger partial charge in [0.2, 0.25) is 10.0 Å². The molecule has 2 aromatic carbocycles. The molecule has 1 heterocycles. The van der Waals surface area contributed by atoms with E-state index in [4.69, 9.17) is 4.74 Å². The third-order valence-corrected chi connectivity index (χ3v) is 9.28. The van der Waals surface area contributed by atoms with Gasteiger partial charge in [0, 0.05) is 25.2 Å². The van der Waals surface area contributed by atoms with Gasteiger partial charge in [0.05, 0.1) is 18.0 Å². The first-order valence-electron chi connectivity index (χ1n) is 12.6. The number of benzene rings is 2. The lowest BCUT2D eigenvalue weighted by Crippen LogP contribution is -2.38. The second-order valence-corrected chi connectivity index (χ2v) is 11.6. The van der Waals surface area contributed by atoms with Crippen molar-refractivity contribution >= 4 is 15.9 Å². The molecule has 8 heteroatoms. The van der Waals surface area contributed by atoms with Gasteiger partial charge in [-0.05, 0) is 74.7 Å². The topological polar surface area (TPSA) is 78.9 Å². The van der Waals surface area contributed by atoms with E-state index in [1.165, 1.54) is 10.4 Å². The number of hydrogen-bond acceptors (Lipinski definition) is 5. The Hall–Kier alpha value is -2.42. The third-order valence-electron chi connectivity index (χ3n) is 7.38. The summed E-state index contributed by atoms with van der Waals surface area (Å²) < 4.78 is 33.4. The van der Waals surface area contributed by atoms with E-state index in [0.717, 1.165) is 69.3 Å². The second-order valence-electron chi connectivity index (χ2n) is 9.59. The molecule has 1 amide bonds. The number of carbonyl (C=O) groups is 1. The Morgan fingerprint density at radius 3 is 2.49 bits per heavy atom. The van der Waals surface area contributed by atoms with E-state index in [1.54, 1.807) is 32.4 Å². The van der Waals surface area contributed by atoms with Crippen LogP contribution in [0.3, 0.4) is 0 Å². The van der Waals surface area contributed by atoms with Crippen molar-refractivity contribution in [3.63, 3.8) is 0 Å². The molecule has 0 radical (unpaired) electrons. The molecule has 0 unspecified atom stereocenters. The van der Waals surface area contributed by atoms with Gasteiger partial charge in [-0.3, -0.25) is 9.69 Å². The van der Waals surface area contributed by atoms with Crippen LogP contribution in [-0.2, 0) is 10.0 Å². The van der Waals surface area contributed by atoms with E-state index in [1.807, 2.05) is 18.2 Å². The van der Waals surface area contributed by atoms with Crippen molar-refractivity contribution in [3.8, 4) is 5.75 Å². The summed E-state index contributed by atoms with van der Waals surface area (Å²) in [4.78, 5) is 15.7. The van der Waals surface area contributed by atoms with Crippen molar-refractivity contribution in [1.29, 1.82) is 0 Å². The van der Waals surface area contributed by atoms with Gasteiger partial charge < -0.3 is 10.1 Å². The van der Waals surface area contributed by atoms with Crippen LogP contribution < -0.4 is 10.1 Å². The van der Waals surface area contributed by atoms with Crippen molar-refractivity contribution in [2.75, 3.05) is 33.8 Å². The summed E-state index contributed by atoms with van der Waals surface area (Å²) in [7, 11) is -0.348. The molecule has 2 aromatic rings. The fraction of sp³-hybridized carbons (Fsp3) is 0.519. The van der Waals surface area contributed by atoms with Crippen LogP contribution in [0.15, 0.2) is 53.4 Å². The summed E-state index contributed by atoms with van der Waals surface area (Å²) >= 11 is 0. The largest absolute Gasteiger partial charge is 0.497 e. The lowest BCUT2D eigenvalue weighted by molar-refractivity contribution is 0.0937. The zero-order valence-corrected chi connectivity index (χ0v) is 21.6. The third kappa shape index (κ3) is 6.05. The number of ether oxygens (including phenoxy) is 1.